The maximum atomic E-state index is 13.2. The summed E-state index contributed by atoms with van der Waals surface area (Å²) in [6.07, 6.45) is 2.12. The van der Waals surface area contributed by atoms with Crippen LogP contribution in [0.2, 0.25) is 0 Å². The van der Waals surface area contributed by atoms with Crippen LogP contribution in [-0.4, -0.2) is 49.9 Å². The normalized spacial score (nSPS) is 14.9. The van der Waals surface area contributed by atoms with Gasteiger partial charge >= 0.3 is 0 Å². The minimum atomic E-state index is -3.71. The number of nitrogens with zero attached hydrogens (tertiary/aromatic N) is 2. The van der Waals surface area contributed by atoms with Crippen LogP contribution in [0, 0.1) is 6.92 Å². The summed E-state index contributed by atoms with van der Waals surface area (Å²) in [5.74, 6) is 0.201. The van der Waals surface area contributed by atoms with Gasteiger partial charge in [0, 0.05) is 36.8 Å². The van der Waals surface area contributed by atoms with Crippen molar-refractivity contribution in [3.05, 3.63) is 65.7 Å². The number of anilines is 1. The third kappa shape index (κ3) is 4.59. The Kier molecular flexibility index (Phi) is 6.40. The summed E-state index contributed by atoms with van der Waals surface area (Å²) in [4.78, 5) is 17.3. The van der Waals surface area contributed by atoms with E-state index in [0.717, 1.165) is 5.56 Å². The average Bonchev–Trinajstić information content (AvgIpc) is 3.26. The molecule has 1 amide bonds. The van der Waals surface area contributed by atoms with Crippen LogP contribution >= 0.6 is 0 Å². The Bertz CT molecular complexity index is 1210. The van der Waals surface area contributed by atoms with Crippen LogP contribution in [0.25, 0.3) is 11.3 Å². The topological polar surface area (TPSA) is 102 Å². The molecular formula is C23H25N3O5S. The molecule has 9 heteroatoms. The zero-order chi connectivity index (χ0) is 22.7. The van der Waals surface area contributed by atoms with E-state index < -0.39 is 10.0 Å². The summed E-state index contributed by atoms with van der Waals surface area (Å²) in [5, 5.41) is 2.83. The molecule has 1 fully saturated rings. The molecule has 1 aromatic heterocycles. The van der Waals surface area contributed by atoms with E-state index in [0.29, 0.717) is 55.6 Å². The molecule has 2 aromatic carbocycles. The summed E-state index contributed by atoms with van der Waals surface area (Å²) >= 11 is 0. The van der Waals surface area contributed by atoms with Gasteiger partial charge in [0.2, 0.25) is 10.0 Å². The molecule has 2 heterocycles. The number of morpholine rings is 1. The molecule has 0 aliphatic carbocycles. The minimum Gasteiger partial charge on any atom is -0.449 e. The van der Waals surface area contributed by atoms with Crippen molar-refractivity contribution in [2.24, 2.45) is 0 Å². The van der Waals surface area contributed by atoms with E-state index >= 15 is 0 Å². The van der Waals surface area contributed by atoms with Gasteiger partial charge in [-0.3, -0.25) is 4.79 Å². The summed E-state index contributed by atoms with van der Waals surface area (Å²) in [7, 11) is -3.71. The van der Waals surface area contributed by atoms with Crippen molar-refractivity contribution >= 4 is 21.6 Å². The van der Waals surface area contributed by atoms with Crippen molar-refractivity contribution in [1.82, 2.24) is 9.29 Å². The van der Waals surface area contributed by atoms with Crippen molar-refractivity contribution in [3.8, 4) is 11.3 Å². The second kappa shape index (κ2) is 9.23. The number of hydrogen-bond acceptors (Lipinski definition) is 6. The first-order valence-corrected chi connectivity index (χ1v) is 11.9. The predicted octanol–water partition coefficient (Wildman–Crippen LogP) is 3.49. The molecule has 0 atom stereocenters. The molecule has 0 radical (unpaired) electrons. The lowest BCUT2D eigenvalue weighted by Gasteiger charge is -2.27. The Morgan fingerprint density at radius 3 is 2.47 bits per heavy atom. The predicted molar refractivity (Wildman–Crippen MR) is 120 cm³/mol. The monoisotopic (exact) mass is 455 g/mol. The maximum Gasteiger partial charge on any atom is 0.255 e. The van der Waals surface area contributed by atoms with Crippen molar-refractivity contribution in [2.45, 2.75) is 25.2 Å². The number of nitrogens with one attached hydrogen (secondary N) is 1. The number of aryl methyl sites for hydroxylation is 2. The van der Waals surface area contributed by atoms with Gasteiger partial charge in [-0.25, -0.2) is 13.4 Å². The van der Waals surface area contributed by atoms with E-state index in [9.17, 15) is 13.2 Å². The molecule has 4 rings (SSSR count). The molecule has 1 N–H and O–H groups in total. The molecule has 3 aromatic rings. The first-order valence-electron chi connectivity index (χ1n) is 10.4. The lowest BCUT2D eigenvalue weighted by molar-refractivity contribution is 0.0730. The Morgan fingerprint density at radius 1 is 1.12 bits per heavy atom. The zero-order valence-corrected chi connectivity index (χ0v) is 18.8. The Morgan fingerprint density at radius 2 is 1.84 bits per heavy atom. The summed E-state index contributed by atoms with van der Waals surface area (Å²) in [5.41, 5.74) is 3.14. The van der Waals surface area contributed by atoms with E-state index in [-0.39, 0.29) is 16.4 Å². The Labute approximate surface area is 187 Å². The SMILES string of the molecule is CCc1ccc(C(=O)Nc2ccc(-c3coc(C)n3)cc2)cc1S(=O)(=O)N1CCOCC1. The summed E-state index contributed by atoms with van der Waals surface area (Å²) < 4.78 is 38.3. The second-order valence-electron chi connectivity index (χ2n) is 7.48. The molecule has 1 aliphatic heterocycles. The van der Waals surface area contributed by atoms with Gasteiger partial charge in [0.1, 0.15) is 12.0 Å². The number of carbonyl (C=O) groups is 1. The van der Waals surface area contributed by atoms with E-state index in [4.69, 9.17) is 9.15 Å². The van der Waals surface area contributed by atoms with Gasteiger partial charge < -0.3 is 14.5 Å². The highest BCUT2D eigenvalue weighted by Gasteiger charge is 2.29. The van der Waals surface area contributed by atoms with Crippen LogP contribution in [0.15, 0.2) is 58.0 Å². The van der Waals surface area contributed by atoms with Gasteiger partial charge in [0.15, 0.2) is 5.89 Å². The second-order valence-corrected chi connectivity index (χ2v) is 9.38. The number of oxazole rings is 1. The van der Waals surface area contributed by atoms with Gasteiger partial charge in [-0.15, -0.1) is 0 Å². The van der Waals surface area contributed by atoms with Crippen molar-refractivity contribution in [3.63, 3.8) is 0 Å². The number of amides is 1. The molecule has 8 nitrogen and oxygen atoms in total. The standard InChI is InChI=1S/C23H25N3O5S/c1-3-17-4-5-19(14-22(17)32(28,29)26-10-12-30-13-11-26)23(27)25-20-8-6-18(7-9-20)21-15-31-16(2)24-21/h4-9,14-15H,3,10-13H2,1-2H3,(H,25,27). The number of rotatable bonds is 6. The molecule has 1 aliphatic rings. The minimum absolute atomic E-state index is 0.172. The lowest BCUT2D eigenvalue weighted by Crippen LogP contribution is -2.41. The van der Waals surface area contributed by atoms with E-state index in [2.05, 4.69) is 10.3 Å². The Balaban J connectivity index is 1.55. The van der Waals surface area contributed by atoms with Gasteiger partial charge in [-0.1, -0.05) is 25.1 Å². The lowest BCUT2D eigenvalue weighted by atomic mass is 10.1. The third-order valence-corrected chi connectivity index (χ3v) is 7.34. The van der Waals surface area contributed by atoms with Gasteiger partial charge in [-0.05, 0) is 36.2 Å². The number of aromatic nitrogens is 1. The fourth-order valence-corrected chi connectivity index (χ4v) is 5.31. The molecule has 0 unspecified atom stereocenters. The van der Waals surface area contributed by atoms with Gasteiger partial charge in [0.05, 0.1) is 18.1 Å². The molecule has 32 heavy (non-hydrogen) atoms. The van der Waals surface area contributed by atoms with Crippen LogP contribution in [0.3, 0.4) is 0 Å². The van der Waals surface area contributed by atoms with E-state index in [1.165, 1.54) is 10.4 Å². The average molecular weight is 456 g/mol. The number of sulfonamides is 1. The molecular weight excluding hydrogens is 430 g/mol. The molecule has 0 spiro atoms. The quantitative estimate of drug-likeness (QED) is 0.611. The van der Waals surface area contributed by atoms with E-state index in [1.807, 2.05) is 19.1 Å². The highest BCUT2D eigenvalue weighted by molar-refractivity contribution is 7.89. The smallest absolute Gasteiger partial charge is 0.255 e. The van der Waals surface area contributed by atoms with Crippen LogP contribution < -0.4 is 5.32 Å². The third-order valence-electron chi connectivity index (χ3n) is 5.36. The number of benzene rings is 2. The number of carbonyl (C=O) groups excluding carboxylic acids is 1. The van der Waals surface area contributed by atoms with E-state index in [1.54, 1.807) is 37.5 Å². The Hall–Kier alpha value is -3.01. The number of ether oxygens (including phenoxy) is 1. The van der Waals surface area contributed by atoms with Gasteiger partial charge in [0.25, 0.3) is 5.91 Å². The first-order chi connectivity index (χ1) is 15.4. The maximum absolute atomic E-state index is 13.2. The highest BCUT2D eigenvalue weighted by Crippen LogP contribution is 2.25. The van der Waals surface area contributed by atoms with Crippen molar-refractivity contribution in [2.75, 3.05) is 31.6 Å². The summed E-state index contributed by atoms with van der Waals surface area (Å²) in [6, 6.07) is 12.0. The fourth-order valence-electron chi connectivity index (χ4n) is 3.58. The zero-order valence-electron chi connectivity index (χ0n) is 18.0. The van der Waals surface area contributed by atoms with Crippen molar-refractivity contribution < 1.29 is 22.4 Å². The van der Waals surface area contributed by atoms with Crippen molar-refractivity contribution in [1.29, 1.82) is 0 Å². The van der Waals surface area contributed by atoms with Crippen LogP contribution in [0.1, 0.15) is 28.7 Å². The van der Waals surface area contributed by atoms with Gasteiger partial charge in [-0.2, -0.15) is 4.31 Å². The highest BCUT2D eigenvalue weighted by atomic mass is 32.2. The summed E-state index contributed by atoms with van der Waals surface area (Å²) in [6.45, 7) is 5.01. The molecule has 0 saturated carbocycles. The van der Waals surface area contributed by atoms with Crippen LogP contribution in [-0.2, 0) is 21.2 Å². The largest absolute Gasteiger partial charge is 0.449 e. The first kappa shape index (κ1) is 22.2. The van der Waals surface area contributed by atoms with Crippen LogP contribution in [0.4, 0.5) is 5.69 Å². The molecule has 1 saturated heterocycles. The molecule has 0 bridgehead atoms. The number of hydrogen-bond donors (Lipinski definition) is 1. The molecule has 168 valence electrons. The fraction of sp³-hybridized carbons (Fsp3) is 0.304. The van der Waals surface area contributed by atoms with Crippen LogP contribution in [0.5, 0.6) is 0 Å².